The molecule has 2 aromatic carbocycles. The highest BCUT2D eigenvalue weighted by atomic mass is 15.2. The summed E-state index contributed by atoms with van der Waals surface area (Å²) < 4.78 is 0. The zero-order chi connectivity index (χ0) is 17.4. The fourth-order valence-electron chi connectivity index (χ4n) is 4.10. The lowest BCUT2D eigenvalue weighted by Gasteiger charge is -2.28. The van der Waals surface area contributed by atoms with E-state index in [4.69, 9.17) is 0 Å². The molecule has 1 fully saturated rings. The minimum atomic E-state index is 0.328. The quantitative estimate of drug-likeness (QED) is 0.746. The number of hydrogen-bond donors (Lipinski definition) is 1. The summed E-state index contributed by atoms with van der Waals surface area (Å²) in [5.41, 5.74) is 6.62. The van der Waals surface area contributed by atoms with Gasteiger partial charge >= 0.3 is 0 Å². The standard InChI is InChI=1S/C22H27N3/c1-16-7-6-8-19-20(15-23-21(16)19)22(25-13-4-5-14-25)17-9-11-18(12-10-17)24(2)3/h6-12,15,22-23H,4-5,13-14H2,1-3H3. The van der Waals surface area contributed by atoms with Gasteiger partial charge in [0, 0.05) is 36.9 Å². The molecule has 0 saturated carbocycles. The molecule has 3 nitrogen and oxygen atoms in total. The van der Waals surface area contributed by atoms with Crippen LogP contribution < -0.4 is 4.90 Å². The number of rotatable bonds is 4. The summed E-state index contributed by atoms with van der Waals surface area (Å²) in [6.45, 7) is 4.54. The van der Waals surface area contributed by atoms with Crippen molar-refractivity contribution in [2.24, 2.45) is 0 Å². The highest BCUT2D eigenvalue weighted by Gasteiger charge is 2.27. The summed E-state index contributed by atoms with van der Waals surface area (Å²) in [6.07, 6.45) is 4.82. The molecular weight excluding hydrogens is 306 g/mol. The smallest absolute Gasteiger partial charge is 0.0622 e. The van der Waals surface area contributed by atoms with E-state index < -0.39 is 0 Å². The summed E-state index contributed by atoms with van der Waals surface area (Å²) in [7, 11) is 4.19. The van der Waals surface area contributed by atoms with E-state index in [9.17, 15) is 0 Å². The Bertz CT molecular complexity index is 855. The van der Waals surface area contributed by atoms with Crippen molar-refractivity contribution in [3.63, 3.8) is 0 Å². The predicted octanol–water partition coefficient (Wildman–Crippen LogP) is 4.73. The lowest BCUT2D eigenvalue weighted by molar-refractivity contribution is 0.282. The SMILES string of the molecule is Cc1cccc2c(C(c3ccc(N(C)C)cc3)N3CCCC3)c[nH]c12. The van der Waals surface area contributed by atoms with E-state index in [1.807, 2.05) is 0 Å². The molecule has 0 bridgehead atoms. The molecule has 1 aromatic heterocycles. The topological polar surface area (TPSA) is 22.3 Å². The molecule has 25 heavy (non-hydrogen) atoms. The summed E-state index contributed by atoms with van der Waals surface area (Å²) in [5.74, 6) is 0. The lowest BCUT2D eigenvalue weighted by Crippen LogP contribution is -2.26. The number of aromatic nitrogens is 1. The number of para-hydroxylation sites is 1. The first kappa shape index (κ1) is 16.2. The molecular formula is C22H27N3. The normalized spacial score (nSPS) is 16.4. The van der Waals surface area contributed by atoms with Crippen molar-refractivity contribution in [1.29, 1.82) is 0 Å². The average molecular weight is 333 g/mol. The monoisotopic (exact) mass is 333 g/mol. The van der Waals surface area contributed by atoms with Crippen LogP contribution in [-0.4, -0.2) is 37.1 Å². The van der Waals surface area contributed by atoms with Gasteiger partial charge in [-0.3, -0.25) is 4.90 Å². The third-order valence-corrected chi connectivity index (χ3v) is 5.48. The van der Waals surface area contributed by atoms with E-state index in [0.29, 0.717) is 6.04 Å². The molecule has 2 heterocycles. The highest BCUT2D eigenvalue weighted by molar-refractivity contribution is 5.86. The van der Waals surface area contributed by atoms with E-state index >= 15 is 0 Å². The zero-order valence-corrected chi connectivity index (χ0v) is 15.4. The molecule has 3 aromatic rings. The predicted molar refractivity (Wildman–Crippen MR) is 106 cm³/mol. The van der Waals surface area contributed by atoms with Crippen LogP contribution in [-0.2, 0) is 0 Å². The van der Waals surface area contributed by atoms with Gasteiger partial charge in [-0.25, -0.2) is 0 Å². The van der Waals surface area contributed by atoms with Gasteiger partial charge in [0.05, 0.1) is 6.04 Å². The number of benzene rings is 2. The van der Waals surface area contributed by atoms with Crippen molar-refractivity contribution in [3.05, 3.63) is 65.4 Å². The fourth-order valence-corrected chi connectivity index (χ4v) is 4.10. The third-order valence-electron chi connectivity index (χ3n) is 5.48. The van der Waals surface area contributed by atoms with Gasteiger partial charge in [-0.1, -0.05) is 30.3 Å². The second-order valence-corrected chi connectivity index (χ2v) is 7.37. The Balaban J connectivity index is 1.81. The second kappa shape index (κ2) is 6.57. The van der Waals surface area contributed by atoms with E-state index in [0.717, 1.165) is 0 Å². The number of hydrogen-bond acceptors (Lipinski definition) is 2. The van der Waals surface area contributed by atoms with Crippen molar-refractivity contribution in [2.45, 2.75) is 25.8 Å². The molecule has 1 unspecified atom stereocenters. The van der Waals surface area contributed by atoms with Crippen LogP contribution >= 0.6 is 0 Å². The van der Waals surface area contributed by atoms with Crippen molar-refractivity contribution in [1.82, 2.24) is 9.88 Å². The minimum absolute atomic E-state index is 0.328. The van der Waals surface area contributed by atoms with Crippen LogP contribution in [0.1, 0.15) is 35.6 Å². The number of H-pyrrole nitrogens is 1. The summed E-state index contributed by atoms with van der Waals surface area (Å²) >= 11 is 0. The Hall–Kier alpha value is -2.26. The zero-order valence-electron chi connectivity index (χ0n) is 15.4. The molecule has 1 aliphatic rings. The summed E-state index contributed by atoms with van der Waals surface area (Å²) in [6, 6.07) is 16.0. The van der Waals surface area contributed by atoms with E-state index in [-0.39, 0.29) is 0 Å². The first-order chi connectivity index (χ1) is 12.1. The molecule has 0 aliphatic carbocycles. The lowest BCUT2D eigenvalue weighted by atomic mass is 9.96. The molecule has 130 valence electrons. The molecule has 0 amide bonds. The molecule has 4 rings (SSSR count). The van der Waals surface area contributed by atoms with Crippen LogP contribution in [0.5, 0.6) is 0 Å². The second-order valence-electron chi connectivity index (χ2n) is 7.37. The maximum absolute atomic E-state index is 3.52. The fraction of sp³-hybridized carbons (Fsp3) is 0.364. The van der Waals surface area contributed by atoms with Crippen molar-refractivity contribution >= 4 is 16.6 Å². The number of fused-ring (bicyclic) bond motifs is 1. The molecule has 1 atom stereocenters. The Labute approximate surface area is 150 Å². The summed E-state index contributed by atoms with van der Waals surface area (Å²) in [4.78, 5) is 8.32. The van der Waals surface area contributed by atoms with Gasteiger partial charge in [-0.15, -0.1) is 0 Å². The van der Waals surface area contributed by atoms with Crippen LogP contribution in [0.15, 0.2) is 48.7 Å². The molecule has 1 aliphatic heterocycles. The van der Waals surface area contributed by atoms with Gasteiger partial charge in [-0.05, 0) is 61.7 Å². The van der Waals surface area contributed by atoms with Gasteiger partial charge in [0.15, 0.2) is 0 Å². The van der Waals surface area contributed by atoms with E-state index in [2.05, 4.69) is 84.5 Å². The number of likely N-dealkylation sites (tertiary alicyclic amines) is 1. The van der Waals surface area contributed by atoms with Crippen molar-refractivity contribution in [3.8, 4) is 0 Å². The first-order valence-corrected chi connectivity index (χ1v) is 9.23. The first-order valence-electron chi connectivity index (χ1n) is 9.23. The van der Waals surface area contributed by atoms with Gasteiger partial charge in [0.2, 0.25) is 0 Å². The Kier molecular flexibility index (Phi) is 4.26. The Morgan fingerprint density at radius 1 is 1.00 bits per heavy atom. The number of aromatic amines is 1. The Morgan fingerprint density at radius 3 is 2.40 bits per heavy atom. The third kappa shape index (κ3) is 2.93. The van der Waals surface area contributed by atoms with Gasteiger partial charge < -0.3 is 9.88 Å². The molecule has 3 heteroatoms. The van der Waals surface area contributed by atoms with Crippen LogP contribution in [0.2, 0.25) is 0 Å². The average Bonchev–Trinajstić information content (AvgIpc) is 3.27. The molecule has 0 radical (unpaired) electrons. The molecule has 0 spiro atoms. The largest absolute Gasteiger partial charge is 0.378 e. The number of aryl methyl sites for hydroxylation is 1. The van der Waals surface area contributed by atoms with Crippen LogP contribution in [0, 0.1) is 6.92 Å². The van der Waals surface area contributed by atoms with Gasteiger partial charge in [-0.2, -0.15) is 0 Å². The van der Waals surface area contributed by atoms with Crippen molar-refractivity contribution in [2.75, 3.05) is 32.1 Å². The highest BCUT2D eigenvalue weighted by Crippen LogP contribution is 2.36. The Morgan fingerprint density at radius 2 is 1.72 bits per heavy atom. The maximum atomic E-state index is 3.52. The van der Waals surface area contributed by atoms with Crippen molar-refractivity contribution < 1.29 is 0 Å². The number of nitrogens with one attached hydrogen (secondary N) is 1. The molecule has 1 saturated heterocycles. The van der Waals surface area contributed by atoms with Gasteiger partial charge in [0.25, 0.3) is 0 Å². The number of nitrogens with zero attached hydrogens (tertiary/aromatic N) is 2. The van der Waals surface area contributed by atoms with Crippen LogP contribution in [0.3, 0.4) is 0 Å². The van der Waals surface area contributed by atoms with E-state index in [1.165, 1.54) is 59.2 Å². The minimum Gasteiger partial charge on any atom is -0.378 e. The number of anilines is 1. The van der Waals surface area contributed by atoms with Crippen LogP contribution in [0.4, 0.5) is 5.69 Å². The van der Waals surface area contributed by atoms with Gasteiger partial charge in [0.1, 0.15) is 0 Å². The van der Waals surface area contributed by atoms with E-state index in [1.54, 1.807) is 0 Å². The molecule has 1 N–H and O–H groups in total. The maximum Gasteiger partial charge on any atom is 0.0622 e. The summed E-state index contributed by atoms with van der Waals surface area (Å²) in [5, 5.41) is 1.36. The van der Waals surface area contributed by atoms with Crippen LogP contribution in [0.25, 0.3) is 10.9 Å².